The van der Waals surface area contributed by atoms with Gasteiger partial charge in [-0.15, -0.1) is 10.2 Å². The predicted octanol–water partition coefficient (Wildman–Crippen LogP) is 3.59. The summed E-state index contributed by atoms with van der Waals surface area (Å²) in [4.78, 5) is 8.56. The first kappa shape index (κ1) is 16.5. The summed E-state index contributed by atoms with van der Waals surface area (Å²) in [5.41, 5.74) is 2.11. The largest absolute Gasteiger partial charge is 0.467 e. The number of aromatic nitrogens is 5. The van der Waals surface area contributed by atoms with Gasteiger partial charge in [0.15, 0.2) is 5.16 Å². The highest BCUT2D eigenvalue weighted by Gasteiger charge is 2.15. The minimum Gasteiger partial charge on any atom is -0.467 e. The molecule has 0 aliphatic rings. The first-order chi connectivity index (χ1) is 12.9. The number of rotatable bonds is 7. The van der Waals surface area contributed by atoms with E-state index in [0.717, 1.165) is 33.8 Å². The van der Waals surface area contributed by atoms with Crippen molar-refractivity contribution in [3.63, 3.8) is 0 Å². The van der Waals surface area contributed by atoms with Crippen molar-refractivity contribution in [3.05, 3.63) is 90.2 Å². The Morgan fingerprint density at radius 3 is 2.77 bits per heavy atom. The van der Waals surface area contributed by atoms with E-state index in [9.17, 15) is 0 Å². The average molecular weight is 363 g/mol. The van der Waals surface area contributed by atoms with Gasteiger partial charge in [0.25, 0.3) is 0 Å². The maximum atomic E-state index is 5.52. The molecule has 0 aliphatic carbocycles. The van der Waals surface area contributed by atoms with Gasteiger partial charge in [-0.05, 0) is 35.9 Å². The molecule has 6 nitrogen and oxygen atoms in total. The fraction of sp³-hybridized carbons (Fsp3) is 0.158. The van der Waals surface area contributed by atoms with Gasteiger partial charge in [0.05, 0.1) is 19.2 Å². The Kier molecular flexibility index (Phi) is 5.07. The van der Waals surface area contributed by atoms with Gasteiger partial charge >= 0.3 is 0 Å². The van der Waals surface area contributed by atoms with Crippen molar-refractivity contribution in [2.75, 3.05) is 0 Å². The minimum absolute atomic E-state index is 0.595. The highest BCUT2D eigenvalue weighted by Crippen LogP contribution is 2.23. The first-order valence-corrected chi connectivity index (χ1v) is 9.23. The maximum Gasteiger partial charge on any atom is 0.191 e. The molecule has 0 unspecified atom stereocenters. The molecule has 0 bridgehead atoms. The molecule has 4 aromatic heterocycles. The highest BCUT2D eigenvalue weighted by atomic mass is 32.2. The fourth-order valence-corrected chi connectivity index (χ4v) is 3.46. The van der Waals surface area contributed by atoms with Crippen LogP contribution in [0.4, 0.5) is 0 Å². The Hall–Kier alpha value is -2.93. The van der Waals surface area contributed by atoms with Crippen molar-refractivity contribution in [2.24, 2.45) is 0 Å². The summed E-state index contributed by atoms with van der Waals surface area (Å²) < 4.78 is 7.61. The van der Waals surface area contributed by atoms with Crippen molar-refractivity contribution >= 4 is 11.8 Å². The molecule has 0 amide bonds. The second-order valence-corrected chi connectivity index (χ2v) is 6.65. The van der Waals surface area contributed by atoms with Gasteiger partial charge in [-0.1, -0.05) is 23.9 Å². The molecule has 0 radical (unpaired) electrons. The molecule has 0 atom stereocenters. The van der Waals surface area contributed by atoms with Crippen molar-refractivity contribution in [3.8, 4) is 0 Å². The molecule has 0 N–H and O–H groups in total. The molecule has 0 saturated heterocycles. The lowest BCUT2D eigenvalue weighted by atomic mass is 10.2. The molecule has 4 heterocycles. The van der Waals surface area contributed by atoms with E-state index in [-0.39, 0.29) is 0 Å². The van der Waals surface area contributed by atoms with Gasteiger partial charge in [-0.3, -0.25) is 14.5 Å². The lowest BCUT2D eigenvalue weighted by molar-refractivity contribution is 0.479. The summed E-state index contributed by atoms with van der Waals surface area (Å²) in [6.45, 7) is 0.595. The van der Waals surface area contributed by atoms with E-state index in [1.54, 1.807) is 30.4 Å². The molecular weight excluding hydrogens is 346 g/mol. The zero-order valence-corrected chi connectivity index (χ0v) is 14.8. The van der Waals surface area contributed by atoms with Crippen LogP contribution in [0.25, 0.3) is 0 Å². The fourth-order valence-electron chi connectivity index (χ4n) is 2.57. The Labute approximate surface area is 155 Å². The number of thioether (sulfide) groups is 1. The van der Waals surface area contributed by atoms with Gasteiger partial charge in [-0.25, -0.2) is 0 Å². The lowest BCUT2D eigenvalue weighted by Gasteiger charge is -2.08. The summed E-state index contributed by atoms with van der Waals surface area (Å²) in [6.07, 6.45) is 7.75. The Bertz CT molecular complexity index is 939. The normalized spacial score (nSPS) is 10.9. The van der Waals surface area contributed by atoms with E-state index < -0.39 is 0 Å². The van der Waals surface area contributed by atoms with Crippen molar-refractivity contribution < 1.29 is 4.42 Å². The predicted molar refractivity (Wildman–Crippen MR) is 98.7 cm³/mol. The third-order valence-corrected chi connectivity index (χ3v) is 4.88. The molecule has 0 aromatic carbocycles. The topological polar surface area (TPSA) is 69.6 Å². The summed E-state index contributed by atoms with van der Waals surface area (Å²) in [6, 6.07) is 13.7. The second kappa shape index (κ2) is 7.97. The molecule has 0 spiro atoms. The van der Waals surface area contributed by atoms with Gasteiger partial charge < -0.3 is 4.42 Å². The van der Waals surface area contributed by atoms with Crippen molar-refractivity contribution in [2.45, 2.75) is 23.9 Å². The minimum atomic E-state index is 0.595. The Morgan fingerprint density at radius 2 is 2.00 bits per heavy atom. The van der Waals surface area contributed by atoms with E-state index in [4.69, 9.17) is 4.42 Å². The summed E-state index contributed by atoms with van der Waals surface area (Å²) in [5.74, 6) is 2.53. The summed E-state index contributed by atoms with van der Waals surface area (Å²) >= 11 is 1.64. The van der Waals surface area contributed by atoms with E-state index in [1.165, 1.54) is 0 Å². The number of hydrogen-bond acceptors (Lipinski definition) is 6. The van der Waals surface area contributed by atoms with Crippen LogP contribution in [-0.2, 0) is 18.7 Å². The zero-order valence-electron chi connectivity index (χ0n) is 14.0. The molecule has 4 rings (SSSR count). The SMILES string of the molecule is c1ccc(Cc2nnc(SCc3cccnc3)n2Cc2ccco2)nc1. The van der Waals surface area contributed by atoms with Gasteiger partial charge in [-0.2, -0.15) is 0 Å². The number of nitrogens with zero attached hydrogens (tertiary/aromatic N) is 5. The van der Waals surface area contributed by atoms with Crippen LogP contribution < -0.4 is 0 Å². The molecule has 26 heavy (non-hydrogen) atoms. The van der Waals surface area contributed by atoms with E-state index in [2.05, 4.69) is 30.8 Å². The molecular formula is C19H17N5OS. The van der Waals surface area contributed by atoms with Crippen LogP contribution in [0.1, 0.15) is 22.8 Å². The van der Waals surface area contributed by atoms with Gasteiger partial charge in [0.2, 0.25) is 0 Å². The molecule has 4 aromatic rings. The van der Waals surface area contributed by atoms with E-state index in [0.29, 0.717) is 13.0 Å². The number of pyridine rings is 2. The molecule has 7 heteroatoms. The maximum absolute atomic E-state index is 5.52. The summed E-state index contributed by atoms with van der Waals surface area (Å²) in [5, 5.41) is 9.65. The second-order valence-electron chi connectivity index (χ2n) is 5.71. The molecule has 0 fully saturated rings. The average Bonchev–Trinajstić information content (AvgIpc) is 3.33. The van der Waals surface area contributed by atoms with E-state index >= 15 is 0 Å². The summed E-state index contributed by atoms with van der Waals surface area (Å²) in [7, 11) is 0. The standard InChI is InChI=1S/C19H17N5OS/c1-2-9-21-16(6-1)11-18-22-23-19(24(18)13-17-7-4-10-25-17)26-14-15-5-3-8-20-12-15/h1-10,12H,11,13-14H2. The quantitative estimate of drug-likeness (QED) is 0.467. The van der Waals surface area contributed by atoms with Crippen LogP contribution in [0.3, 0.4) is 0 Å². The van der Waals surface area contributed by atoms with Gasteiger partial charge in [0.1, 0.15) is 11.6 Å². The Balaban J connectivity index is 1.58. The highest BCUT2D eigenvalue weighted by molar-refractivity contribution is 7.98. The van der Waals surface area contributed by atoms with Crippen LogP contribution in [0.15, 0.2) is 76.9 Å². The van der Waals surface area contributed by atoms with E-state index in [1.807, 2.05) is 42.6 Å². The molecule has 130 valence electrons. The first-order valence-electron chi connectivity index (χ1n) is 8.24. The zero-order chi connectivity index (χ0) is 17.6. The smallest absolute Gasteiger partial charge is 0.191 e. The van der Waals surface area contributed by atoms with Crippen LogP contribution in [0.2, 0.25) is 0 Å². The third kappa shape index (κ3) is 4.00. The van der Waals surface area contributed by atoms with Crippen molar-refractivity contribution in [1.82, 2.24) is 24.7 Å². The third-order valence-electron chi connectivity index (χ3n) is 3.84. The van der Waals surface area contributed by atoms with Crippen LogP contribution in [0.5, 0.6) is 0 Å². The number of hydrogen-bond donors (Lipinski definition) is 0. The molecule has 0 saturated carbocycles. The number of furan rings is 1. The molecule has 0 aliphatic heterocycles. The van der Waals surface area contributed by atoms with Crippen LogP contribution in [0, 0.1) is 0 Å². The van der Waals surface area contributed by atoms with Crippen LogP contribution >= 0.6 is 11.8 Å². The van der Waals surface area contributed by atoms with Crippen LogP contribution in [-0.4, -0.2) is 24.7 Å². The van der Waals surface area contributed by atoms with Gasteiger partial charge in [0, 0.05) is 30.0 Å². The Morgan fingerprint density at radius 1 is 1.00 bits per heavy atom. The van der Waals surface area contributed by atoms with Crippen molar-refractivity contribution in [1.29, 1.82) is 0 Å². The lowest BCUT2D eigenvalue weighted by Crippen LogP contribution is -2.07. The monoisotopic (exact) mass is 363 g/mol.